The first-order valence-corrected chi connectivity index (χ1v) is 11.7. The second-order valence-corrected chi connectivity index (χ2v) is 8.58. The molecule has 13 heteroatoms. The van der Waals surface area contributed by atoms with E-state index in [1.807, 2.05) is 0 Å². The summed E-state index contributed by atoms with van der Waals surface area (Å²) in [6.45, 7) is 3.62. The van der Waals surface area contributed by atoms with Crippen LogP contribution in [-0.2, 0) is 42.8 Å². The second kappa shape index (κ2) is 14.6. The SMILES string of the molecule is COC(=O)CCCCCO[C@H]1O[C@H](C)[C@@H](NC=O)[C@H](O[C@H]2O[C@H](C)[C@@H](NC=O)[C@H](O)[C@@H]2OC)[C@@H]1O. The van der Waals surface area contributed by atoms with Gasteiger partial charge in [0.05, 0.1) is 31.4 Å². The fourth-order valence-corrected chi connectivity index (χ4v) is 4.32. The Balaban J connectivity index is 2.04. The fourth-order valence-electron chi connectivity index (χ4n) is 4.32. The molecule has 2 saturated heterocycles. The lowest BCUT2D eigenvalue weighted by Gasteiger charge is -2.47. The highest BCUT2D eigenvalue weighted by molar-refractivity contribution is 5.68. The zero-order valence-corrected chi connectivity index (χ0v) is 20.5. The van der Waals surface area contributed by atoms with Crippen LogP contribution < -0.4 is 10.6 Å². The average molecular weight is 507 g/mol. The number of ether oxygens (including phenoxy) is 6. The summed E-state index contributed by atoms with van der Waals surface area (Å²) in [5, 5.41) is 26.8. The lowest BCUT2D eigenvalue weighted by atomic mass is 9.95. The van der Waals surface area contributed by atoms with Gasteiger partial charge in [-0.2, -0.15) is 0 Å². The van der Waals surface area contributed by atoms with Crippen molar-refractivity contribution in [2.24, 2.45) is 0 Å². The number of methoxy groups -OCH3 is 2. The average Bonchev–Trinajstić information content (AvgIpc) is 2.83. The Morgan fingerprint density at radius 3 is 2.14 bits per heavy atom. The van der Waals surface area contributed by atoms with Gasteiger partial charge in [0.1, 0.15) is 24.4 Å². The summed E-state index contributed by atoms with van der Waals surface area (Å²) in [5.41, 5.74) is 0. The van der Waals surface area contributed by atoms with Crippen molar-refractivity contribution in [3.05, 3.63) is 0 Å². The van der Waals surface area contributed by atoms with Gasteiger partial charge >= 0.3 is 5.97 Å². The summed E-state index contributed by atoms with van der Waals surface area (Å²) in [5.74, 6) is -0.272. The number of carbonyl (C=O) groups is 3. The highest BCUT2D eigenvalue weighted by atomic mass is 16.7. The Morgan fingerprint density at radius 2 is 1.51 bits per heavy atom. The third-order valence-electron chi connectivity index (χ3n) is 6.27. The molecule has 0 spiro atoms. The van der Waals surface area contributed by atoms with Crippen LogP contribution in [0.4, 0.5) is 0 Å². The predicted octanol–water partition coefficient (Wildman–Crippen LogP) is -1.42. The van der Waals surface area contributed by atoms with E-state index < -0.39 is 61.3 Å². The van der Waals surface area contributed by atoms with Gasteiger partial charge in [0.2, 0.25) is 12.8 Å². The molecule has 10 atom stereocenters. The molecule has 2 heterocycles. The molecule has 2 aliphatic rings. The Morgan fingerprint density at radius 1 is 0.886 bits per heavy atom. The van der Waals surface area contributed by atoms with Gasteiger partial charge in [-0.05, 0) is 26.7 Å². The van der Waals surface area contributed by atoms with E-state index >= 15 is 0 Å². The summed E-state index contributed by atoms with van der Waals surface area (Å²) in [6, 6.07) is -1.48. The van der Waals surface area contributed by atoms with E-state index in [2.05, 4.69) is 15.4 Å². The number of aliphatic hydroxyl groups is 2. The maximum absolute atomic E-state index is 11.2. The molecule has 0 saturated carbocycles. The molecular formula is C22H38N2O11. The summed E-state index contributed by atoms with van der Waals surface area (Å²) >= 11 is 0. The predicted molar refractivity (Wildman–Crippen MR) is 119 cm³/mol. The quantitative estimate of drug-likeness (QED) is 0.124. The van der Waals surface area contributed by atoms with E-state index in [0.29, 0.717) is 32.1 Å². The van der Waals surface area contributed by atoms with E-state index in [1.54, 1.807) is 13.8 Å². The number of unbranched alkanes of at least 4 members (excludes halogenated alkanes) is 2. The number of esters is 1. The van der Waals surface area contributed by atoms with Crippen LogP contribution >= 0.6 is 0 Å². The van der Waals surface area contributed by atoms with Gasteiger partial charge in [-0.25, -0.2) is 0 Å². The van der Waals surface area contributed by atoms with Gasteiger partial charge in [-0.15, -0.1) is 0 Å². The molecule has 2 aliphatic heterocycles. The molecule has 4 N–H and O–H groups in total. The number of hydrogen-bond acceptors (Lipinski definition) is 11. The van der Waals surface area contributed by atoms with E-state index in [4.69, 9.17) is 23.7 Å². The van der Waals surface area contributed by atoms with Crippen molar-refractivity contribution in [3.63, 3.8) is 0 Å². The number of nitrogens with one attached hydrogen (secondary N) is 2. The molecule has 0 bridgehead atoms. The zero-order chi connectivity index (χ0) is 26.0. The highest BCUT2D eigenvalue weighted by Gasteiger charge is 2.50. The van der Waals surface area contributed by atoms with Gasteiger partial charge in [0.15, 0.2) is 12.6 Å². The number of amides is 2. The largest absolute Gasteiger partial charge is 0.469 e. The van der Waals surface area contributed by atoms with E-state index in [1.165, 1.54) is 14.2 Å². The molecule has 2 fully saturated rings. The van der Waals surface area contributed by atoms with Crippen molar-refractivity contribution < 1.29 is 53.0 Å². The highest BCUT2D eigenvalue weighted by Crippen LogP contribution is 2.30. The summed E-state index contributed by atoms with van der Waals surface area (Å²) in [6.07, 6.45) is -4.58. The molecule has 202 valence electrons. The molecule has 0 unspecified atom stereocenters. The minimum Gasteiger partial charge on any atom is -0.469 e. The summed E-state index contributed by atoms with van der Waals surface area (Å²) < 4.78 is 33.4. The molecule has 2 rings (SSSR count). The molecule has 13 nitrogen and oxygen atoms in total. The van der Waals surface area contributed by atoms with Crippen LogP contribution in [0.25, 0.3) is 0 Å². The summed E-state index contributed by atoms with van der Waals surface area (Å²) in [4.78, 5) is 33.3. The Hall–Kier alpha value is -1.87. The normalized spacial score (nSPS) is 37.3. The molecule has 35 heavy (non-hydrogen) atoms. The lowest BCUT2D eigenvalue weighted by molar-refractivity contribution is -0.335. The third kappa shape index (κ3) is 7.81. The van der Waals surface area contributed by atoms with Crippen molar-refractivity contribution in [2.75, 3.05) is 20.8 Å². The topological polar surface area (TPSA) is 171 Å². The second-order valence-electron chi connectivity index (χ2n) is 8.58. The van der Waals surface area contributed by atoms with Crippen LogP contribution in [0, 0.1) is 0 Å². The van der Waals surface area contributed by atoms with Crippen molar-refractivity contribution in [3.8, 4) is 0 Å². The molecule has 0 aliphatic carbocycles. The standard InChI is InChI=1S/C22H38N2O11/c1-12-15(23-10-25)17(28)20(31-4)22(34-12)35-19-16(24-11-26)13(2)33-21(18(19)29)32-9-7-5-6-8-14(27)30-3/h10-13,15-22,28-29H,5-9H2,1-4H3,(H,23,25)(H,24,26)/t12-,13-,15-,16-,17+,18+,19+,20+,21+,22-/m1/s1. The molecule has 0 aromatic rings. The van der Waals surface area contributed by atoms with Crippen LogP contribution in [-0.4, -0.2) is 111 Å². The van der Waals surface area contributed by atoms with Crippen molar-refractivity contribution in [2.45, 2.75) is 101 Å². The van der Waals surface area contributed by atoms with Crippen molar-refractivity contribution >= 4 is 18.8 Å². The minimum atomic E-state index is -1.31. The maximum atomic E-state index is 11.2. The molecular weight excluding hydrogens is 468 g/mol. The maximum Gasteiger partial charge on any atom is 0.305 e. The zero-order valence-electron chi connectivity index (χ0n) is 20.5. The van der Waals surface area contributed by atoms with Crippen LogP contribution in [0.5, 0.6) is 0 Å². The number of rotatable bonds is 14. The van der Waals surface area contributed by atoms with Crippen LogP contribution in [0.1, 0.15) is 39.5 Å². The van der Waals surface area contributed by atoms with E-state index in [0.717, 1.165) is 6.42 Å². The van der Waals surface area contributed by atoms with Gasteiger partial charge in [-0.1, -0.05) is 6.42 Å². The third-order valence-corrected chi connectivity index (χ3v) is 6.27. The number of carbonyl (C=O) groups excluding carboxylic acids is 3. The Bertz CT molecular complexity index is 669. The van der Waals surface area contributed by atoms with Crippen LogP contribution in [0.2, 0.25) is 0 Å². The van der Waals surface area contributed by atoms with Gasteiger partial charge in [0, 0.05) is 20.1 Å². The minimum absolute atomic E-state index is 0.267. The number of hydrogen-bond donors (Lipinski definition) is 4. The first-order valence-electron chi connectivity index (χ1n) is 11.7. The first kappa shape index (κ1) is 29.4. The van der Waals surface area contributed by atoms with E-state index in [9.17, 15) is 24.6 Å². The molecule has 0 radical (unpaired) electrons. The van der Waals surface area contributed by atoms with Gasteiger partial charge in [0.25, 0.3) is 0 Å². The van der Waals surface area contributed by atoms with Crippen LogP contribution in [0.15, 0.2) is 0 Å². The first-order chi connectivity index (χ1) is 16.8. The lowest BCUT2D eigenvalue weighted by Crippen LogP contribution is -2.67. The van der Waals surface area contributed by atoms with Crippen LogP contribution in [0.3, 0.4) is 0 Å². The van der Waals surface area contributed by atoms with Gasteiger partial charge in [-0.3, -0.25) is 14.4 Å². The van der Waals surface area contributed by atoms with Gasteiger partial charge < -0.3 is 49.3 Å². The van der Waals surface area contributed by atoms with E-state index in [-0.39, 0.29) is 12.6 Å². The monoisotopic (exact) mass is 506 g/mol. The smallest absolute Gasteiger partial charge is 0.305 e. The molecule has 0 aromatic heterocycles. The Kier molecular flexibility index (Phi) is 12.3. The summed E-state index contributed by atoms with van der Waals surface area (Å²) in [7, 11) is 2.70. The van der Waals surface area contributed by atoms with Crippen molar-refractivity contribution in [1.82, 2.24) is 10.6 Å². The fraction of sp³-hybridized carbons (Fsp3) is 0.864. The Labute approximate surface area is 204 Å². The number of aliphatic hydroxyl groups excluding tert-OH is 2. The molecule has 2 amide bonds. The molecule has 0 aromatic carbocycles. The van der Waals surface area contributed by atoms with Crippen molar-refractivity contribution in [1.29, 1.82) is 0 Å².